The first-order chi connectivity index (χ1) is 9.17. The van der Waals surface area contributed by atoms with Crippen LogP contribution in [0.4, 0.5) is 10.1 Å². The van der Waals surface area contributed by atoms with Gasteiger partial charge in [-0.1, -0.05) is 11.8 Å². The minimum absolute atomic E-state index is 0.0559. The van der Waals surface area contributed by atoms with Gasteiger partial charge < -0.3 is 10.1 Å². The molecule has 2 aliphatic heterocycles. The highest BCUT2D eigenvalue weighted by Crippen LogP contribution is 2.36. The second kappa shape index (κ2) is 5.13. The van der Waals surface area contributed by atoms with Gasteiger partial charge >= 0.3 is 0 Å². The molecule has 1 spiro atoms. The molecule has 0 atom stereocenters. The van der Waals surface area contributed by atoms with Crippen LogP contribution in [0.5, 0.6) is 0 Å². The van der Waals surface area contributed by atoms with Gasteiger partial charge in [0.1, 0.15) is 5.82 Å². The van der Waals surface area contributed by atoms with Gasteiger partial charge in [0.25, 0.3) is 0 Å². The van der Waals surface area contributed by atoms with Crippen LogP contribution in [0.25, 0.3) is 0 Å². The Morgan fingerprint density at radius 1 is 1.37 bits per heavy atom. The third-order valence-electron chi connectivity index (χ3n) is 3.65. The summed E-state index contributed by atoms with van der Waals surface area (Å²) in [6.45, 7) is 3.37. The standard InChI is InChI=1S/C14H17FN2OS/c1-10-8-11(2-3-12(10)15)16-13-17-14(9-19-13)4-6-18-7-5-14/h2-3,8H,4-7,9H2,1H3,(H,16,17). The van der Waals surface area contributed by atoms with Crippen LogP contribution in [0.1, 0.15) is 18.4 Å². The number of nitrogens with zero attached hydrogens (tertiary/aromatic N) is 1. The average molecular weight is 280 g/mol. The van der Waals surface area contributed by atoms with Crippen LogP contribution in [-0.2, 0) is 4.74 Å². The lowest BCUT2D eigenvalue weighted by Gasteiger charge is -2.29. The number of halogens is 1. The van der Waals surface area contributed by atoms with Gasteiger partial charge in [-0.3, -0.25) is 4.99 Å². The summed E-state index contributed by atoms with van der Waals surface area (Å²) in [6, 6.07) is 5.05. The van der Waals surface area contributed by atoms with Crippen molar-refractivity contribution in [3.63, 3.8) is 0 Å². The first-order valence-corrected chi connectivity index (χ1v) is 7.49. The second-order valence-electron chi connectivity index (χ2n) is 5.13. The van der Waals surface area contributed by atoms with Gasteiger partial charge in [-0.05, 0) is 43.5 Å². The van der Waals surface area contributed by atoms with Crippen molar-refractivity contribution in [3.8, 4) is 0 Å². The SMILES string of the molecule is Cc1cc(NC2=NC3(CCOCC3)CS2)ccc1F. The molecule has 0 unspecified atom stereocenters. The highest BCUT2D eigenvalue weighted by atomic mass is 32.2. The van der Waals surface area contributed by atoms with E-state index in [0.29, 0.717) is 5.56 Å². The molecule has 0 radical (unpaired) electrons. The third-order valence-corrected chi connectivity index (χ3v) is 4.80. The van der Waals surface area contributed by atoms with E-state index in [0.717, 1.165) is 42.7 Å². The number of aliphatic imine (C=N–C) groups is 1. The molecule has 3 nitrogen and oxygen atoms in total. The van der Waals surface area contributed by atoms with Gasteiger partial charge in [-0.25, -0.2) is 4.39 Å². The molecule has 2 aliphatic rings. The molecule has 0 aliphatic carbocycles. The summed E-state index contributed by atoms with van der Waals surface area (Å²) in [5, 5.41) is 4.22. The van der Waals surface area contributed by atoms with Crippen LogP contribution in [0.3, 0.4) is 0 Å². The first kappa shape index (κ1) is 12.9. The zero-order valence-electron chi connectivity index (χ0n) is 10.9. The monoisotopic (exact) mass is 280 g/mol. The highest BCUT2D eigenvalue weighted by Gasteiger charge is 2.37. The molecular weight excluding hydrogens is 263 g/mol. The van der Waals surface area contributed by atoms with Crippen LogP contribution in [-0.4, -0.2) is 29.7 Å². The summed E-state index contributed by atoms with van der Waals surface area (Å²) in [5.41, 5.74) is 1.60. The van der Waals surface area contributed by atoms with Crippen LogP contribution >= 0.6 is 11.8 Å². The molecule has 2 heterocycles. The second-order valence-corrected chi connectivity index (χ2v) is 6.10. The Morgan fingerprint density at radius 3 is 2.89 bits per heavy atom. The first-order valence-electron chi connectivity index (χ1n) is 6.51. The van der Waals surface area contributed by atoms with E-state index in [9.17, 15) is 4.39 Å². The molecular formula is C14H17FN2OS. The van der Waals surface area contributed by atoms with E-state index in [2.05, 4.69) is 5.32 Å². The molecule has 1 fully saturated rings. The van der Waals surface area contributed by atoms with E-state index in [1.807, 2.05) is 6.07 Å². The minimum atomic E-state index is -0.174. The molecule has 1 aromatic rings. The van der Waals surface area contributed by atoms with E-state index >= 15 is 0 Å². The summed E-state index contributed by atoms with van der Waals surface area (Å²) < 4.78 is 18.6. The Labute approximate surface area is 116 Å². The fourth-order valence-corrected chi connectivity index (χ4v) is 3.61. The number of thioether (sulfide) groups is 1. The molecule has 0 aromatic heterocycles. The molecule has 5 heteroatoms. The molecule has 1 aromatic carbocycles. The lowest BCUT2D eigenvalue weighted by atomic mass is 9.93. The van der Waals surface area contributed by atoms with Crippen molar-refractivity contribution < 1.29 is 9.13 Å². The van der Waals surface area contributed by atoms with Gasteiger partial charge in [-0.15, -0.1) is 0 Å². The van der Waals surface area contributed by atoms with Crippen molar-refractivity contribution in [3.05, 3.63) is 29.6 Å². The van der Waals surface area contributed by atoms with Gasteiger partial charge in [0.05, 0.1) is 5.54 Å². The quantitative estimate of drug-likeness (QED) is 0.857. The Hall–Kier alpha value is -1.07. The highest BCUT2D eigenvalue weighted by molar-refractivity contribution is 8.14. The Bertz CT molecular complexity index is 512. The number of nitrogens with one attached hydrogen (secondary N) is 1. The van der Waals surface area contributed by atoms with Crippen LogP contribution in [0, 0.1) is 12.7 Å². The number of hydrogen-bond donors (Lipinski definition) is 1. The Morgan fingerprint density at radius 2 is 2.16 bits per heavy atom. The summed E-state index contributed by atoms with van der Waals surface area (Å²) in [4.78, 5) is 4.82. The molecule has 0 bridgehead atoms. The van der Waals surface area contributed by atoms with Gasteiger partial charge in [0, 0.05) is 24.7 Å². The van der Waals surface area contributed by atoms with Crippen molar-refractivity contribution in [2.45, 2.75) is 25.3 Å². The zero-order chi connectivity index (χ0) is 13.3. The maximum Gasteiger partial charge on any atom is 0.161 e. The van der Waals surface area contributed by atoms with Gasteiger partial charge in [0.2, 0.25) is 0 Å². The topological polar surface area (TPSA) is 33.6 Å². The predicted octanol–water partition coefficient (Wildman–Crippen LogP) is 3.20. The number of anilines is 1. The Kier molecular flexibility index (Phi) is 3.50. The maximum absolute atomic E-state index is 13.2. The normalized spacial score (nSPS) is 21.5. The Balaban J connectivity index is 1.73. The lowest BCUT2D eigenvalue weighted by molar-refractivity contribution is 0.0624. The van der Waals surface area contributed by atoms with Crippen LogP contribution < -0.4 is 5.32 Å². The number of aryl methyl sites for hydroxylation is 1. The summed E-state index contributed by atoms with van der Waals surface area (Å²) in [6.07, 6.45) is 1.99. The third kappa shape index (κ3) is 2.77. The summed E-state index contributed by atoms with van der Waals surface area (Å²) in [7, 11) is 0. The molecule has 0 amide bonds. The van der Waals surface area contributed by atoms with E-state index in [-0.39, 0.29) is 11.4 Å². The van der Waals surface area contributed by atoms with Crippen molar-refractivity contribution in [1.29, 1.82) is 0 Å². The fraction of sp³-hybridized carbons (Fsp3) is 0.500. The number of amidine groups is 1. The van der Waals surface area contributed by atoms with Crippen LogP contribution in [0.15, 0.2) is 23.2 Å². The zero-order valence-corrected chi connectivity index (χ0v) is 11.7. The fourth-order valence-electron chi connectivity index (χ4n) is 2.40. The van der Waals surface area contributed by atoms with Gasteiger partial charge in [-0.2, -0.15) is 0 Å². The van der Waals surface area contributed by atoms with E-state index in [1.165, 1.54) is 6.07 Å². The predicted molar refractivity (Wildman–Crippen MR) is 77.4 cm³/mol. The van der Waals surface area contributed by atoms with Gasteiger partial charge in [0.15, 0.2) is 5.17 Å². The average Bonchev–Trinajstić information content (AvgIpc) is 2.78. The molecule has 102 valence electrons. The molecule has 1 saturated heterocycles. The maximum atomic E-state index is 13.2. The van der Waals surface area contributed by atoms with E-state index in [1.54, 1.807) is 24.8 Å². The molecule has 3 rings (SSSR count). The number of hydrogen-bond acceptors (Lipinski definition) is 4. The number of ether oxygens (including phenoxy) is 1. The number of benzene rings is 1. The lowest BCUT2D eigenvalue weighted by Crippen LogP contribution is -2.34. The van der Waals surface area contributed by atoms with Crippen molar-refractivity contribution in [2.24, 2.45) is 4.99 Å². The molecule has 0 saturated carbocycles. The largest absolute Gasteiger partial charge is 0.381 e. The van der Waals surface area contributed by atoms with E-state index < -0.39 is 0 Å². The van der Waals surface area contributed by atoms with Crippen molar-refractivity contribution in [2.75, 3.05) is 24.3 Å². The summed E-state index contributed by atoms with van der Waals surface area (Å²) >= 11 is 1.74. The minimum Gasteiger partial charge on any atom is -0.381 e. The smallest absolute Gasteiger partial charge is 0.161 e. The number of rotatable bonds is 1. The molecule has 1 N–H and O–H groups in total. The van der Waals surface area contributed by atoms with Crippen molar-refractivity contribution >= 4 is 22.6 Å². The van der Waals surface area contributed by atoms with Crippen molar-refractivity contribution in [1.82, 2.24) is 0 Å². The van der Waals surface area contributed by atoms with Crippen LogP contribution in [0.2, 0.25) is 0 Å². The molecule has 19 heavy (non-hydrogen) atoms. The summed E-state index contributed by atoms with van der Waals surface area (Å²) in [5.74, 6) is 0.839. The van der Waals surface area contributed by atoms with E-state index in [4.69, 9.17) is 9.73 Å².